The minimum Gasteiger partial charge on any atom is -0.475 e. The maximum absolute atomic E-state index is 12.9. The highest BCUT2D eigenvalue weighted by Crippen LogP contribution is 2.26. The molecule has 3 N–H and O–H groups in total. The van der Waals surface area contributed by atoms with Gasteiger partial charge in [-0.1, -0.05) is 0 Å². The average Bonchev–Trinajstić information content (AvgIpc) is 2.89. The Morgan fingerprint density at radius 3 is 2.24 bits per heavy atom. The number of alkyl halides is 3. The molecular formula is C21H28F4N4O7S. The maximum atomic E-state index is 12.9. The molecule has 16 heteroatoms. The number of piperidine rings is 1. The minimum atomic E-state index is -5.08. The Morgan fingerprint density at radius 2 is 1.78 bits per heavy atom. The van der Waals surface area contributed by atoms with Gasteiger partial charge < -0.3 is 25.2 Å². The first-order valence-corrected chi connectivity index (χ1v) is 12.6. The summed E-state index contributed by atoms with van der Waals surface area (Å²) in [6.07, 6.45) is -2.51. The predicted molar refractivity (Wildman–Crippen MR) is 121 cm³/mol. The third kappa shape index (κ3) is 8.91. The van der Waals surface area contributed by atoms with E-state index in [9.17, 15) is 30.8 Å². The van der Waals surface area contributed by atoms with Gasteiger partial charge in [-0.15, -0.1) is 0 Å². The third-order valence-corrected chi connectivity index (χ3v) is 7.42. The lowest BCUT2D eigenvalue weighted by molar-refractivity contribution is -0.192. The number of carbonyl (C=O) groups excluding carboxylic acids is 1. The molecule has 3 heterocycles. The van der Waals surface area contributed by atoms with Crippen LogP contribution in [0, 0.1) is 5.92 Å². The summed E-state index contributed by atoms with van der Waals surface area (Å²) >= 11 is 0. The number of amides is 1. The van der Waals surface area contributed by atoms with E-state index in [-0.39, 0.29) is 54.4 Å². The third-order valence-electron chi connectivity index (χ3n) is 5.54. The van der Waals surface area contributed by atoms with Crippen LogP contribution < -0.4 is 10.5 Å². The molecule has 0 bridgehead atoms. The van der Waals surface area contributed by atoms with E-state index in [1.165, 1.54) is 22.6 Å². The molecule has 11 nitrogen and oxygen atoms in total. The van der Waals surface area contributed by atoms with Crippen molar-refractivity contribution in [3.05, 3.63) is 30.2 Å². The van der Waals surface area contributed by atoms with Crippen LogP contribution in [0.25, 0.3) is 0 Å². The largest absolute Gasteiger partial charge is 0.490 e. The van der Waals surface area contributed by atoms with Crippen molar-refractivity contribution >= 4 is 21.9 Å². The van der Waals surface area contributed by atoms with Crippen molar-refractivity contribution in [2.75, 3.05) is 52.5 Å². The average molecular weight is 557 g/mol. The quantitative estimate of drug-likeness (QED) is 0.471. The van der Waals surface area contributed by atoms with E-state index in [1.54, 1.807) is 4.90 Å². The Morgan fingerprint density at radius 1 is 1.19 bits per heavy atom. The standard InChI is InChI=1S/C19H27FN4O5S.C2HF3O2/c20-11-15(12-21)14-29-18-2-1-17(13-22-18)30(26,27)24-5-3-16(4-6-24)19(25)23-7-9-28-10-8-23;3-2(4,5)1(6)7/h1-2,11,13,16H,3-10,12,14,21H2;(H,6,7)/b15-11-;. The summed E-state index contributed by atoms with van der Waals surface area (Å²) in [5.74, 6) is -2.66. The molecule has 2 fully saturated rings. The number of halogens is 4. The highest BCUT2D eigenvalue weighted by Gasteiger charge is 2.38. The summed E-state index contributed by atoms with van der Waals surface area (Å²) in [4.78, 5) is 27.4. The predicted octanol–water partition coefficient (Wildman–Crippen LogP) is 1.17. The van der Waals surface area contributed by atoms with Crippen LogP contribution in [-0.2, 0) is 24.3 Å². The monoisotopic (exact) mass is 556 g/mol. The first-order chi connectivity index (χ1) is 17.4. The Labute approximate surface area is 210 Å². The lowest BCUT2D eigenvalue weighted by atomic mass is 9.96. The first kappa shape index (κ1) is 30.4. The second-order valence-electron chi connectivity index (χ2n) is 8.01. The van der Waals surface area contributed by atoms with Crippen molar-refractivity contribution in [1.29, 1.82) is 0 Å². The number of hydrogen-bond acceptors (Lipinski definition) is 8. The van der Waals surface area contributed by atoms with E-state index in [0.29, 0.717) is 45.5 Å². The van der Waals surface area contributed by atoms with Crippen LogP contribution in [0.15, 0.2) is 35.1 Å². The van der Waals surface area contributed by atoms with Gasteiger partial charge in [-0.25, -0.2) is 22.6 Å². The van der Waals surface area contributed by atoms with Crippen LogP contribution in [0.2, 0.25) is 0 Å². The molecule has 0 spiro atoms. The molecule has 0 aromatic carbocycles. The molecule has 3 rings (SSSR count). The fraction of sp³-hybridized carbons (Fsp3) is 0.571. The number of nitrogens with zero attached hydrogens (tertiary/aromatic N) is 3. The SMILES string of the molecule is NC/C(=C/F)COc1ccc(S(=O)(=O)N2CCC(C(=O)N3CCOCC3)CC2)cn1.O=C(O)C(F)(F)F. The number of aliphatic carboxylic acids is 1. The van der Waals surface area contributed by atoms with Crippen molar-refractivity contribution in [2.24, 2.45) is 11.7 Å². The highest BCUT2D eigenvalue weighted by molar-refractivity contribution is 7.89. The Balaban J connectivity index is 0.000000604. The van der Waals surface area contributed by atoms with Crippen LogP contribution in [0.3, 0.4) is 0 Å². The number of pyridine rings is 1. The number of aromatic nitrogens is 1. The molecule has 0 aliphatic carbocycles. The molecule has 37 heavy (non-hydrogen) atoms. The van der Waals surface area contributed by atoms with Gasteiger partial charge in [0.15, 0.2) is 0 Å². The van der Waals surface area contributed by atoms with Crippen molar-refractivity contribution in [3.8, 4) is 5.88 Å². The molecule has 0 saturated carbocycles. The smallest absolute Gasteiger partial charge is 0.475 e. The number of carboxylic acids is 1. The van der Waals surface area contributed by atoms with Crippen LogP contribution in [0.5, 0.6) is 5.88 Å². The van der Waals surface area contributed by atoms with Gasteiger partial charge in [-0.2, -0.15) is 17.5 Å². The van der Waals surface area contributed by atoms with E-state index in [2.05, 4.69) is 4.98 Å². The number of nitrogens with two attached hydrogens (primary N) is 1. The van der Waals surface area contributed by atoms with Crippen molar-refractivity contribution in [2.45, 2.75) is 23.9 Å². The van der Waals surface area contributed by atoms with Gasteiger partial charge in [0.1, 0.15) is 11.5 Å². The number of sulfonamides is 1. The summed E-state index contributed by atoms with van der Waals surface area (Å²) in [5, 5.41) is 7.12. The molecule has 0 atom stereocenters. The number of carbonyl (C=O) groups is 2. The molecule has 1 amide bonds. The molecule has 2 aliphatic rings. The van der Waals surface area contributed by atoms with E-state index < -0.39 is 22.2 Å². The van der Waals surface area contributed by atoms with Crippen molar-refractivity contribution < 1.29 is 50.1 Å². The van der Waals surface area contributed by atoms with Gasteiger partial charge in [-0.3, -0.25) is 4.79 Å². The zero-order valence-corrected chi connectivity index (χ0v) is 20.5. The molecule has 0 unspecified atom stereocenters. The lowest BCUT2D eigenvalue weighted by Crippen LogP contribution is -2.47. The van der Waals surface area contributed by atoms with Gasteiger partial charge in [0.25, 0.3) is 0 Å². The van der Waals surface area contributed by atoms with Crippen LogP contribution in [0.4, 0.5) is 17.6 Å². The Hall–Kier alpha value is -2.82. The lowest BCUT2D eigenvalue weighted by Gasteiger charge is -2.35. The van der Waals surface area contributed by atoms with Crippen LogP contribution in [-0.4, -0.2) is 98.3 Å². The number of hydrogen-bond donors (Lipinski definition) is 2. The molecular weight excluding hydrogens is 528 g/mol. The second-order valence-corrected chi connectivity index (χ2v) is 9.95. The Bertz CT molecular complexity index is 1040. The van der Waals surface area contributed by atoms with Crippen molar-refractivity contribution in [1.82, 2.24) is 14.2 Å². The normalized spacial score (nSPS) is 18.1. The molecule has 0 radical (unpaired) electrons. The molecule has 208 valence electrons. The van der Waals surface area contributed by atoms with E-state index in [0.717, 1.165) is 0 Å². The van der Waals surface area contributed by atoms with Gasteiger partial charge in [0, 0.05) is 50.3 Å². The number of morpholine rings is 1. The molecule has 2 aliphatic heterocycles. The molecule has 1 aromatic rings. The van der Waals surface area contributed by atoms with Gasteiger partial charge >= 0.3 is 12.1 Å². The minimum absolute atomic E-state index is 0.0208. The van der Waals surface area contributed by atoms with Crippen LogP contribution >= 0.6 is 0 Å². The summed E-state index contributed by atoms with van der Waals surface area (Å²) in [6, 6.07) is 2.83. The fourth-order valence-corrected chi connectivity index (χ4v) is 4.86. The Kier molecular flexibility index (Phi) is 11.2. The highest BCUT2D eigenvalue weighted by atomic mass is 32.2. The molecule has 2 saturated heterocycles. The zero-order chi connectivity index (χ0) is 27.6. The number of rotatable bonds is 7. The number of ether oxygens (including phenoxy) is 2. The van der Waals surface area contributed by atoms with Gasteiger partial charge in [0.05, 0.1) is 25.7 Å². The first-order valence-electron chi connectivity index (χ1n) is 11.1. The van der Waals surface area contributed by atoms with E-state index >= 15 is 0 Å². The van der Waals surface area contributed by atoms with E-state index in [4.69, 9.17) is 25.1 Å². The van der Waals surface area contributed by atoms with Crippen molar-refractivity contribution in [3.63, 3.8) is 0 Å². The maximum Gasteiger partial charge on any atom is 0.490 e. The van der Waals surface area contributed by atoms with Gasteiger partial charge in [0.2, 0.25) is 21.8 Å². The van der Waals surface area contributed by atoms with Crippen LogP contribution in [0.1, 0.15) is 12.8 Å². The summed E-state index contributed by atoms with van der Waals surface area (Å²) in [7, 11) is -3.71. The van der Waals surface area contributed by atoms with Gasteiger partial charge in [-0.05, 0) is 18.9 Å². The second kappa shape index (κ2) is 13.6. The number of carboxylic acid groups (broad SMARTS) is 1. The summed E-state index contributed by atoms with van der Waals surface area (Å²) in [5.41, 5.74) is 5.63. The van der Waals surface area contributed by atoms with E-state index in [1.807, 2.05) is 0 Å². The zero-order valence-electron chi connectivity index (χ0n) is 19.7. The molecule has 1 aromatic heterocycles. The fourth-order valence-electron chi connectivity index (χ4n) is 3.44. The topological polar surface area (TPSA) is 152 Å². The summed E-state index contributed by atoms with van der Waals surface area (Å²) in [6.45, 7) is 2.79. The summed E-state index contributed by atoms with van der Waals surface area (Å²) < 4.78 is 82.0.